The van der Waals surface area contributed by atoms with E-state index in [1.54, 1.807) is 0 Å². The van der Waals surface area contributed by atoms with E-state index in [0.29, 0.717) is 0 Å². The zero-order valence-corrected chi connectivity index (χ0v) is 11.1. The number of ether oxygens (including phenoxy) is 1. The van der Waals surface area contributed by atoms with Crippen LogP contribution in [-0.2, 0) is 4.74 Å². The third-order valence-corrected chi connectivity index (χ3v) is 4.54. The van der Waals surface area contributed by atoms with Crippen molar-refractivity contribution in [2.45, 2.75) is 58.5 Å². The SMILES string of the molecule is C=C1CCOC2(C1)CC(C)CCC2C(C)C. The van der Waals surface area contributed by atoms with Crippen LogP contribution >= 0.6 is 0 Å². The molecule has 16 heavy (non-hydrogen) atoms. The molecule has 0 aromatic rings. The first-order valence-electron chi connectivity index (χ1n) is 6.84. The third kappa shape index (κ3) is 2.20. The second-order valence-corrected chi connectivity index (χ2v) is 6.33. The zero-order chi connectivity index (χ0) is 11.8. The molecule has 1 heterocycles. The summed E-state index contributed by atoms with van der Waals surface area (Å²) in [5, 5.41) is 0. The van der Waals surface area contributed by atoms with Gasteiger partial charge in [0.15, 0.2) is 0 Å². The number of hydrogen-bond acceptors (Lipinski definition) is 1. The fraction of sp³-hybridized carbons (Fsp3) is 0.867. The van der Waals surface area contributed by atoms with Crippen molar-refractivity contribution in [3.63, 3.8) is 0 Å². The van der Waals surface area contributed by atoms with Crippen molar-refractivity contribution >= 4 is 0 Å². The van der Waals surface area contributed by atoms with E-state index in [0.717, 1.165) is 37.2 Å². The monoisotopic (exact) mass is 222 g/mol. The summed E-state index contributed by atoms with van der Waals surface area (Å²) in [6.07, 6.45) is 6.14. The highest BCUT2D eigenvalue weighted by molar-refractivity contribution is 5.09. The summed E-state index contributed by atoms with van der Waals surface area (Å²) in [6.45, 7) is 12.2. The van der Waals surface area contributed by atoms with Gasteiger partial charge in [0, 0.05) is 0 Å². The molecule has 1 aliphatic heterocycles. The number of rotatable bonds is 1. The Morgan fingerprint density at radius 1 is 1.38 bits per heavy atom. The minimum Gasteiger partial charge on any atom is -0.374 e. The van der Waals surface area contributed by atoms with Crippen LogP contribution in [0.4, 0.5) is 0 Å². The fourth-order valence-corrected chi connectivity index (χ4v) is 3.84. The van der Waals surface area contributed by atoms with Crippen molar-refractivity contribution in [2.24, 2.45) is 17.8 Å². The molecule has 3 unspecified atom stereocenters. The largest absolute Gasteiger partial charge is 0.374 e. The maximum atomic E-state index is 6.26. The Balaban J connectivity index is 2.20. The van der Waals surface area contributed by atoms with Crippen molar-refractivity contribution in [2.75, 3.05) is 6.61 Å². The van der Waals surface area contributed by atoms with Crippen molar-refractivity contribution in [1.29, 1.82) is 0 Å². The van der Waals surface area contributed by atoms with E-state index in [-0.39, 0.29) is 5.60 Å². The molecular weight excluding hydrogens is 196 g/mol. The molecule has 0 aromatic heterocycles. The second-order valence-electron chi connectivity index (χ2n) is 6.33. The van der Waals surface area contributed by atoms with Crippen molar-refractivity contribution in [3.05, 3.63) is 12.2 Å². The van der Waals surface area contributed by atoms with Crippen LogP contribution in [0, 0.1) is 17.8 Å². The van der Waals surface area contributed by atoms with Crippen molar-refractivity contribution in [1.82, 2.24) is 0 Å². The van der Waals surface area contributed by atoms with E-state index >= 15 is 0 Å². The molecule has 0 aromatic carbocycles. The number of hydrogen-bond donors (Lipinski definition) is 0. The zero-order valence-electron chi connectivity index (χ0n) is 11.1. The molecule has 2 aliphatic rings. The maximum absolute atomic E-state index is 6.26. The first-order chi connectivity index (χ1) is 7.53. The van der Waals surface area contributed by atoms with Crippen LogP contribution in [0.3, 0.4) is 0 Å². The molecule has 0 radical (unpaired) electrons. The first kappa shape index (κ1) is 12.2. The highest BCUT2D eigenvalue weighted by Crippen LogP contribution is 2.48. The lowest BCUT2D eigenvalue weighted by Crippen LogP contribution is -2.50. The second kappa shape index (κ2) is 4.52. The Bertz CT molecular complexity index is 269. The van der Waals surface area contributed by atoms with E-state index < -0.39 is 0 Å². The van der Waals surface area contributed by atoms with Gasteiger partial charge in [-0.15, -0.1) is 0 Å². The molecule has 1 heteroatoms. The summed E-state index contributed by atoms with van der Waals surface area (Å²) >= 11 is 0. The summed E-state index contributed by atoms with van der Waals surface area (Å²) < 4.78 is 6.26. The van der Waals surface area contributed by atoms with Crippen molar-refractivity contribution < 1.29 is 4.74 Å². The maximum Gasteiger partial charge on any atom is 0.0752 e. The minimum absolute atomic E-state index is 0.140. The molecule has 1 saturated carbocycles. The average Bonchev–Trinajstić information content (AvgIpc) is 2.16. The molecule has 0 N–H and O–H groups in total. The third-order valence-electron chi connectivity index (χ3n) is 4.54. The van der Waals surface area contributed by atoms with Gasteiger partial charge in [-0.3, -0.25) is 0 Å². The smallest absolute Gasteiger partial charge is 0.0752 e. The Labute approximate surface area is 100 Å². The molecule has 1 spiro atoms. The van der Waals surface area contributed by atoms with Gasteiger partial charge in [0.1, 0.15) is 0 Å². The topological polar surface area (TPSA) is 9.23 Å². The van der Waals surface area contributed by atoms with Crippen LogP contribution in [-0.4, -0.2) is 12.2 Å². The standard InChI is InChI=1S/C15H26O/c1-11(2)14-6-5-12(3)9-15(14)10-13(4)7-8-16-15/h11-12,14H,4-10H2,1-3H3. The summed E-state index contributed by atoms with van der Waals surface area (Å²) in [6, 6.07) is 0. The first-order valence-corrected chi connectivity index (χ1v) is 6.84. The summed E-state index contributed by atoms with van der Waals surface area (Å²) in [7, 11) is 0. The van der Waals surface area contributed by atoms with Gasteiger partial charge >= 0.3 is 0 Å². The Hall–Kier alpha value is -0.300. The molecule has 0 amide bonds. The Kier molecular flexibility index (Phi) is 3.44. The van der Waals surface area contributed by atoms with Crippen LogP contribution in [0.15, 0.2) is 12.2 Å². The van der Waals surface area contributed by atoms with Crippen LogP contribution in [0.2, 0.25) is 0 Å². The Morgan fingerprint density at radius 2 is 2.12 bits per heavy atom. The normalized spacial score (nSPS) is 40.6. The van der Waals surface area contributed by atoms with Gasteiger partial charge in [0.05, 0.1) is 12.2 Å². The predicted molar refractivity (Wildman–Crippen MR) is 68.4 cm³/mol. The lowest BCUT2D eigenvalue weighted by Gasteiger charge is -2.50. The van der Waals surface area contributed by atoms with Gasteiger partial charge in [-0.1, -0.05) is 39.3 Å². The molecule has 1 aliphatic carbocycles. The quantitative estimate of drug-likeness (QED) is 0.605. The van der Waals surface area contributed by atoms with Gasteiger partial charge < -0.3 is 4.74 Å². The predicted octanol–water partition coefficient (Wildman–Crippen LogP) is 4.18. The van der Waals surface area contributed by atoms with Crippen molar-refractivity contribution in [3.8, 4) is 0 Å². The highest BCUT2D eigenvalue weighted by atomic mass is 16.5. The van der Waals surface area contributed by atoms with Crippen LogP contribution < -0.4 is 0 Å². The van der Waals surface area contributed by atoms with Gasteiger partial charge in [0.2, 0.25) is 0 Å². The highest BCUT2D eigenvalue weighted by Gasteiger charge is 2.46. The summed E-state index contributed by atoms with van der Waals surface area (Å²) in [5.41, 5.74) is 1.55. The molecular formula is C15H26O. The minimum atomic E-state index is 0.140. The summed E-state index contributed by atoms with van der Waals surface area (Å²) in [4.78, 5) is 0. The van der Waals surface area contributed by atoms with Crippen LogP contribution in [0.1, 0.15) is 52.9 Å². The molecule has 92 valence electrons. The van der Waals surface area contributed by atoms with E-state index in [1.807, 2.05) is 0 Å². The molecule has 2 fully saturated rings. The Morgan fingerprint density at radius 3 is 2.75 bits per heavy atom. The van der Waals surface area contributed by atoms with E-state index in [2.05, 4.69) is 27.4 Å². The van der Waals surface area contributed by atoms with E-state index in [1.165, 1.54) is 24.8 Å². The van der Waals surface area contributed by atoms with Crippen LogP contribution in [0.5, 0.6) is 0 Å². The lowest BCUT2D eigenvalue weighted by atomic mass is 9.64. The molecule has 1 nitrogen and oxygen atoms in total. The van der Waals surface area contributed by atoms with Crippen LogP contribution in [0.25, 0.3) is 0 Å². The molecule has 1 saturated heterocycles. The average molecular weight is 222 g/mol. The van der Waals surface area contributed by atoms with Gasteiger partial charge in [-0.05, 0) is 43.4 Å². The van der Waals surface area contributed by atoms with Gasteiger partial charge in [-0.25, -0.2) is 0 Å². The molecule has 3 atom stereocenters. The van der Waals surface area contributed by atoms with E-state index in [9.17, 15) is 0 Å². The summed E-state index contributed by atoms with van der Waals surface area (Å²) in [5.74, 6) is 2.29. The van der Waals surface area contributed by atoms with E-state index in [4.69, 9.17) is 4.74 Å². The van der Waals surface area contributed by atoms with Gasteiger partial charge in [-0.2, -0.15) is 0 Å². The molecule has 0 bridgehead atoms. The van der Waals surface area contributed by atoms with Gasteiger partial charge in [0.25, 0.3) is 0 Å². The molecule has 2 rings (SSSR count). The lowest BCUT2D eigenvalue weighted by molar-refractivity contribution is -0.142. The fourth-order valence-electron chi connectivity index (χ4n) is 3.84.